The van der Waals surface area contributed by atoms with Crippen LogP contribution in [0.2, 0.25) is 0 Å². The van der Waals surface area contributed by atoms with E-state index < -0.39 is 0 Å². The second-order valence-electron chi connectivity index (χ2n) is 10.3. The fourth-order valence-corrected chi connectivity index (χ4v) is 5.18. The summed E-state index contributed by atoms with van der Waals surface area (Å²) in [5.41, 5.74) is 10.5. The fourth-order valence-electron chi connectivity index (χ4n) is 5.18. The SMILES string of the molecule is CC1(C)c2cc(-c3ccccc3)ccc2-c2ccc(N(c3ccccc3)C(C)(C)C)cc21. The monoisotopic (exact) mass is 417 g/mol. The minimum atomic E-state index is -0.0499. The zero-order valence-corrected chi connectivity index (χ0v) is 19.7. The molecule has 1 aliphatic carbocycles. The van der Waals surface area contributed by atoms with E-state index in [2.05, 4.69) is 137 Å². The smallest absolute Gasteiger partial charge is 0.0419 e. The van der Waals surface area contributed by atoms with Crippen LogP contribution in [0.5, 0.6) is 0 Å². The first-order chi connectivity index (χ1) is 15.3. The summed E-state index contributed by atoms with van der Waals surface area (Å²) in [7, 11) is 0. The third-order valence-corrected chi connectivity index (χ3v) is 6.71. The summed E-state index contributed by atoms with van der Waals surface area (Å²) in [4.78, 5) is 2.45. The third-order valence-electron chi connectivity index (χ3n) is 6.71. The van der Waals surface area contributed by atoms with E-state index in [1.165, 1.54) is 44.8 Å². The Balaban J connectivity index is 1.63. The number of nitrogens with zero attached hydrogens (tertiary/aromatic N) is 1. The molecule has 0 bridgehead atoms. The Morgan fingerprint density at radius 2 is 1.12 bits per heavy atom. The van der Waals surface area contributed by atoms with E-state index in [0.717, 1.165) is 0 Å². The molecule has 0 radical (unpaired) electrons. The lowest BCUT2D eigenvalue weighted by atomic mass is 9.81. The van der Waals surface area contributed by atoms with E-state index in [4.69, 9.17) is 0 Å². The van der Waals surface area contributed by atoms with Crippen LogP contribution in [0.25, 0.3) is 22.3 Å². The second kappa shape index (κ2) is 7.38. The molecule has 0 aromatic heterocycles. The lowest BCUT2D eigenvalue weighted by molar-refractivity contribution is 0.559. The van der Waals surface area contributed by atoms with Gasteiger partial charge in [-0.15, -0.1) is 0 Å². The van der Waals surface area contributed by atoms with Crippen molar-refractivity contribution in [2.45, 2.75) is 45.6 Å². The molecule has 4 aromatic rings. The largest absolute Gasteiger partial charge is 0.336 e. The van der Waals surface area contributed by atoms with E-state index in [0.29, 0.717) is 0 Å². The van der Waals surface area contributed by atoms with Gasteiger partial charge in [0.15, 0.2) is 0 Å². The van der Waals surface area contributed by atoms with Crippen LogP contribution >= 0.6 is 0 Å². The van der Waals surface area contributed by atoms with Crippen LogP contribution in [0, 0.1) is 0 Å². The van der Waals surface area contributed by atoms with Crippen LogP contribution < -0.4 is 4.90 Å². The van der Waals surface area contributed by atoms with Gasteiger partial charge in [0.25, 0.3) is 0 Å². The molecule has 0 unspecified atom stereocenters. The molecular formula is C31H31N. The van der Waals surface area contributed by atoms with Crippen LogP contribution in [0.4, 0.5) is 11.4 Å². The normalized spacial score (nSPS) is 14.0. The minimum Gasteiger partial charge on any atom is -0.336 e. The number of rotatable bonds is 3. The summed E-state index contributed by atoms with van der Waals surface area (Å²) in [6.07, 6.45) is 0. The first kappa shape index (κ1) is 20.6. The molecule has 0 saturated heterocycles. The molecule has 0 saturated carbocycles. The van der Waals surface area contributed by atoms with Crippen molar-refractivity contribution in [3.05, 3.63) is 108 Å². The molecule has 1 heteroatoms. The molecule has 1 aliphatic rings. The number of anilines is 2. The van der Waals surface area contributed by atoms with Gasteiger partial charge in [0.2, 0.25) is 0 Å². The first-order valence-corrected chi connectivity index (χ1v) is 11.5. The molecular weight excluding hydrogens is 386 g/mol. The predicted octanol–water partition coefficient (Wildman–Crippen LogP) is 8.60. The van der Waals surface area contributed by atoms with Crippen molar-refractivity contribution in [1.82, 2.24) is 0 Å². The Labute approximate surface area is 192 Å². The maximum absolute atomic E-state index is 2.45. The van der Waals surface area contributed by atoms with Gasteiger partial charge in [-0.05, 0) is 84.5 Å². The van der Waals surface area contributed by atoms with E-state index >= 15 is 0 Å². The zero-order chi connectivity index (χ0) is 22.5. The van der Waals surface area contributed by atoms with Crippen molar-refractivity contribution in [1.29, 1.82) is 0 Å². The highest BCUT2D eigenvalue weighted by Gasteiger charge is 2.36. The van der Waals surface area contributed by atoms with Gasteiger partial charge in [-0.3, -0.25) is 0 Å². The van der Waals surface area contributed by atoms with Crippen molar-refractivity contribution in [3.63, 3.8) is 0 Å². The number of para-hydroxylation sites is 1. The topological polar surface area (TPSA) is 3.24 Å². The van der Waals surface area contributed by atoms with Crippen LogP contribution in [0.3, 0.4) is 0 Å². The minimum absolute atomic E-state index is 0.0360. The summed E-state index contributed by atoms with van der Waals surface area (Å²) in [5, 5.41) is 0. The predicted molar refractivity (Wildman–Crippen MR) is 138 cm³/mol. The summed E-state index contributed by atoms with van der Waals surface area (Å²) < 4.78 is 0. The molecule has 160 valence electrons. The van der Waals surface area contributed by atoms with Crippen molar-refractivity contribution < 1.29 is 0 Å². The molecule has 0 spiro atoms. The second-order valence-corrected chi connectivity index (χ2v) is 10.3. The summed E-state index contributed by atoms with van der Waals surface area (Å²) in [6.45, 7) is 11.6. The standard InChI is InChI=1S/C31H31N/c1-30(2,3)32(24-14-10-7-11-15-24)25-17-19-27-26-18-16-23(22-12-8-6-9-13-22)20-28(26)31(4,5)29(27)21-25/h6-21H,1-5H3. The highest BCUT2D eigenvalue weighted by molar-refractivity contribution is 5.85. The van der Waals surface area contributed by atoms with Gasteiger partial charge in [0.05, 0.1) is 0 Å². The van der Waals surface area contributed by atoms with Gasteiger partial charge in [0, 0.05) is 22.3 Å². The Bertz CT molecular complexity index is 1260. The number of hydrogen-bond donors (Lipinski definition) is 0. The van der Waals surface area contributed by atoms with Gasteiger partial charge >= 0.3 is 0 Å². The third kappa shape index (κ3) is 3.33. The van der Waals surface area contributed by atoms with Crippen molar-refractivity contribution in [2.24, 2.45) is 0 Å². The highest BCUT2D eigenvalue weighted by Crippen LogP contribution is 2.51. The molecule has 0 atom stereocenters. The van der Waals surface area contributed by atoms with Crippen molar-refractivity contribution >= 4 is 11.4 Å². The molecule has 0 heterocycles. The molecule has 5 rings (SSSR count). The summed E-state index contributed by atoms with van der Waals surface area (Å²) in [5.74, 6) is 0. The van der Waals surface area contributed by atoms with E-state index in [1.54, 1.807) is 0 Å². The van der Waals surface area contributed by atoms with Crippen LogP contribution in [-0.4, -0.2) is 5.54 Å². The molecule has 0 amide bonds. The molecule has 4 aromatic carbocycles. The maximum atomic E-state index is 2.45. The van der Waals surface area contributed by atoms with Gasteiger partial charge in [-0.1, -0.05) is 80.6 Å². The fraction of sp³-hybridized carbons (Fsp3) is 0.226. The molecule has 0 aliphatic heterocycles. The van der Waals surface area contributed by atoms with Crippen LogP contribution in [0.15, 0.2) is 97.1 Å². The molecule has 0 N–H and O–H groups in total. The molecule has 1 nitrogen and oxygen atoms in total. The Morgan fingerprint density at radius 3 is 1.75 bits per heavy atom. The first-order valence-electron chi connectivity index (χ1n) is 11.5. The Hall–Kier alpha value is -3.32. The lowest BCUT2D eigenvalue weighted by Crippen LogP contribution is -2.37. The Morgan fingerprint density at radius 1 is 0.562 bits per heavy atom. The van der Waals surface area contributed by atoms with Gasteiger partial charge in [0.1, 0.15) is 0 Å². The van der Waals surface area contributed by atoms with Crippen LogP contribution in [0.1, 0.15) is 45.7 Å². The quantitative estimate of drug-likeness (QED) is 0.322. The average Bonchev–Trinajstić information content (AvgIpc) is 3.01. The van der Waals surface area contributed by atoms with Gasteiger partial charge in [-0.25, -0.2) is 0 Å². The number of benzene rings is 4. The van der Waals surface area contributed by atoms with Gasteiger partial charge < -0.3 is 4.90 Å². The molecule has 0 fully saturated rings. The average molecular weight is 418 g/mol. The number of fused-ring (bicyclic) bond motifs is 3. The summed E-state index contributed by atoms with van der Waals surface area (Å²) >= 11 is 0. The Kier molecular flexibility index (Phi) is 4.74. The molecule has 32 heavy (non-hydrogen) atoms. The van der Waals surface area contributed by atoms with Gasteiger partial charge in [-0.2, -0.15) is 0 Å². The van der Waals surface area contributed by atoms with E-state index in [9.17, 15) is 0 Å². The van der Waals surface area contributed by atoms with Crippen molar-refractivity contribution in [2.75, 3.05) is 4.90 Å². The van der Waals surface area contributed by atoms with Crippen LogP contribution in [-0.2, 0) is 5.41 Å². The number of hydrogen-bond acceptors (Lipinski definition) is 1. The van der Waals surface area contributed by atoms with E-state index in [-0.39, 0.29) is 11.0 Å². The summed E-state index contributed by atoms with van der Waals surface area (Å²) in [6, 6.07) is 35.4. The highest BCUT2D eigenvalue weighted by atomic mass is 15.2. The van der Waals surface area contributed by atoms with E-state index in [1.807, 2.05) is 0 Å². The lowest BCUT2D eigenvalue weighted by Gasteiger charge is -2.38. The van der Waals surface area contributed by atoms with Crippen molar-refractivity contribution in [3.8, 4) is 22.3 Å². The zero-order valence-electron chi connectivity index (χ0n) is 19.7. The maximum Gasteiger partial charge on any atom is 0.0419 e.